The van der Waals surface area contributed by atoms with Gasteiger partial charge in [0, 0.05) is 17.8 Å². The lowest BCUT2D eigenvalue weighted by Gasteiger charge is -2.14. The average Bonchev–Trinajstić information content (AvgIpc) is 2.71. The molecule has 0 heterocycles. The summed E-state index contributed by atoms with van der Waals surface area (Å²) in [6.07, 6.45) is 0. The third-order valence-electron chi connectivity index (χ3n) is 4.20. The minimum Gasteiger partial charge on any atom is -0.322 e. The Labute approximate surface area is 171 Å². The first-order valence-electron chi connectivity index (χ1n) is 8.61. The number of nitro benzene ring substituents is 1. The summed E-state index contributed by atoms with van der Waals surface area (Å²) in [5.74, 6) is -1.18. The molecule has 0 aromatic heterocycles. The third-order valence-corrected chi connectivity index (χ3v) is 5.57. The van der Waals surface area contributed by atoms with Crippen molar-refractivity contribution in [1.29, 1.82) is 0 Å². The van der Waals surface area contributed by atoms with E-state index in [1.807, 2.05) is 0 Å². The van der Waals surface area contributed by atoms with Crippen LogP contribution in [-0.4, -0.2) is 19.2 Å². The second-order valence-electron chi connectivity index (χ2n) is 6.32. The summed E-state index contributed by atoms with van der Waals surface area (Å²) in [6, 6.07) is 14.3. The Hall–Kier alpha value is -3.79. The Morgan fingerprint density at radius 3 is 2.47 bits per heavy atom. The Kier molecular flexibility index (Phi) is 5.79. The Morgan fingerprint density at radius 2 is 1.73 bits per heavy atom. The highest BCUT2D eigenvalue weighted by molar-refractivity contribution is 7.92. The maximum atomic E-state index is 13.5. The van der Waals surface area contributed by atoms with Crippen molar-refractivity contribution in [3.05, 3.63) is 93.8 Å². The van der Waals surface area contributed by atoms with Crippen LogP contribution in [0.2, 0.25) is 0 Å². The van der Waals surface area contributed by atoms with Crippen LogP contribution in [0.15, 0.2) is 71.6 Å². The predicted molar refractivity (Wildman–Crippen MR) is 109 cm³/mol. The fourth-order valence-corrected chi connectivity index (χ4v) is 3.78. The lowest BCUT2D eigenvalue weighted by atomic mass is 10.1. The van der Waals surface area contributed by atoms with Crippen molar-refractivity contribution >= 4 is 33.0 Å². The van der Waals surface area contributed by atoms with Crippen LogP contribution in [0.4, 0.5) is 21.5 Å². The monoisotopic (exact) mass is 429 g/mol. The number of hydrogen-bond donors (Lipinski definition) is 2. The van der Waals surface area contributed by atoms with Crippen molar-refractivity contribution < 1.29 is 22.5 Å². The smallest absolute Gasteiger partial charge is 0.270 e. The van der Waals surface area contributed by atoms with Crippen LogP contribution in [0.1, 0.15) is 15.9 Å². The number of nitrogens with zero attached hydrogens (tertiary/aromatic N) is 1. The number of amides is 1. The molecule has 3 aromatic carbocycles. The van der Waals surface area contributed by atoms with Crippen molar-refractivity contribution in [3.63, 3.8) is 0 Å². The molecule has 0 bridgehead atoms. The molecule has 0 atom stereocenters. The quantitative estimate of drug-likeness (QED) is 0.452. The molecule has 0 aliphatic heterocycles. The largest absolute Gasteiger partial charge is 0.322 e. The molecule has 0 fully saturated rings. The number of nitro groups is 1. The van der Waals surface area contributed by atoms with E-state index in [9.17, 15) is 27.7 Å². The van der Waals surface area contributed by atoms with Gasteiger partial charge in [-0.2, -0.15) is 0 Å². The number of nitrogens with one attached hydrogen (secondary N) is 2. The second-order valence-corrected chi connectivity index (χ2v) is 8.00. The molecule has 8 nitrogen and oxygen atoms in total. The maximum Gasteiger partial charge on any atom is 0.270 e. The number of hydrogen-bond acceptors (Lipinski definition) is 5. The Balaban J connectivity index is 1.91. The zero-order chi connectivity index (χ0) is 21.9. The Bertz CT molecular complexity index is 1240. The van der Waals surface area contributed by atoms with E-state index < -0.39 is 26.7 Å². The number of carbonyl (C=O) groups excluding carboxylic acids is 1. The first-order chi connectivity index (χ1) is 14.2. The summed E-state index contributed by atoms with van der Waals surface area (Å²) >= 11 is 0. The lowest BCUT2D eigenvalue weighted by molar-refractivity contribution is -0.385. The zero-order valence-electron chi connectivity index (χ0n) is 15.6. The van der Waals surface area contributed by atoms with Gasteiger partial charge in [0.2, 0.25) is 0 Å². The highest BCUT2D eigenvalue weighted by Gasteiger charge is 2.21. The molecule has 3 rings (SSSR count). The number of rotatable bonds is 6. The third kappa shape index (κ3) is 4.61. The van der Waals surface area contributed by atoms with Gasteiger partial charge in [-0.15, -0.1) is 0 Å². The van der Waals surface area contributed by atoms with Gasteiger partial charge in [-0.05, 0) is 42.8 Å². The van der Waals surface area contributed by atoms with Gasteiger partial charge < -0.3 is 5.32 Å². The van der Waals surface area contributed by atoms with E-state index in [2.05, 4.69) is 10.0 Å². The van der Waals surface area contributed by atoms with E-state index >= 15 is 0 Å². The van der Waals surface area contributed by atoms with E-state index in [0.717, 1.165) is 12.1 Å². The SMILES string of the molecule is Cc1ccc(F)cc1NC(=O)c1ccccc1NS(=O)(=O)c1cccc([N+](=O)[O-])c1. The van der Waals surface area contributed by atoms with E-state index in [4.69, 9.17) is 0 Å². The maximum absolute atomic E-state index is 13.5. The van der Waals surface area contributed by atoms with Crippen molar-refractivity contribution in [2.75, 3.05) is 10.0 Å². The number of halogens is 1. The van der Waals surface area contributed by atoms with Gasteiger partial charge in [-0.1, -0.05) is 24.3 Å². The first-order valence-corrected chi connectivity index (χ1v) is 10.1. The molecule has 30 heavy (non-hydrogen) atoms. The van der Waals surface area contributed by atoms with Crippen molar-refractivity contribution in [1.82, 2.24) is 0 Å². The number of carbonyl (C=O) groups is 1. The summed E-state index contributed by atoms with van der Waals surface area (Å²) in [5, 5.41) is 13.5. The molecule has 0 saturated carbocycles. The fraction of sp³-hybridized carbons (Fsp3) is 0.0500. The summed E-state index contributed by atoms with van der Waals surface area (Å²) < 4.78 is 41.2. The number of benzene rings is 3. The van der Waals surface area contributed by atoms with Crippen molar-refractivity contribution in [2.45, 2.75) is 11.8 Å². The van der Waals surface area contributed by atoms with Gasteiger partial charge in [0.15, 0.2) is 0 Å². The molecule has 0 aliphatic rings. The summed E-state index contributed by atoms with van der Waals surface area (Å²) in [5.41, 5.74) is 0.451. The molecule has 0 spiro atoms. The van der Waals surface area contributed by atoms with E-state index in [-0.39, 0.29) is 27.5 Å². The van der Waals surface area contributed by atoms with E-state index in [0.29, 0.717) is 5.56 Å². The number of anilines is 2. The molecule has 0 radical (unpaired) electrons. The average molecular weight is 429 g/mol. The standard InChI is InChI=1S/C20H16FN3O5S/c1-13-9-10-14(21)11-19(13)22-20(25)17-7-2-3-8-18(17)23-30(28,29)16-6-4-5-15(12-16)24(26)27/h2-12,23H,1H3,(H,22,25). The molecule has 0 saturated heterocycles. The zero-order valence-corrected chi connectivity index (χ0v) is 16.4. The van der Waals surface area contributed by atoms with Crippen LogP contribution in [0.25, 0.3) is 0 Å². The predicted octanol–water partition coefficient (Wildman–Crippen LogP) is 4.10. The fourth-order valence-electron chi connectivity index (χ4n) is 2.66. The summed E-state index contributed by atoms with van der Waals surface area (Å²) in [4.78, 5) is 22.6. The van der Waals surface area contributed by atoms with Gasteiger partial charge in [0.25, 0.3) is 21.6 Å². The lowest BCUT2D eigenvalue weighted by Crippen LogP contribution is -2.19. The van der Waals surface area contributed by atoms with Crippen LogP contribution >= 0.6 is 0 Å². The van der Waals surface area contributed by atoms with Gasteiger partial charge >= 0.3 is 0 Å². The van der Waals surface area contributed by atoms with Crippen LogP contribution in [0.3, 0.4) is 0 Å². The van der Waals surface area contributed by atoms with E-state index in [1.165, 1.54) is 48.5 Å². The van der Waals surface area contributed by atoms with Crippen LogP contribution in [0, 0.1) is 22.9 Å². The minimum atomic E-state index is -4.21. The topological polar surface area (TPSA) is 118 Å². The molecule has 1 amide bonds. The number of aryl methyl sites for hydroxylation is 1. The van der Waals surface area contributed by atoms with E-state index in [1.54, 1.807) is 13.0 Å². The molecule has 0 unspecified atom stereocenters. The first kappa shape index (κ1) is 20.9. The molecule has 10 heteroatoms. The van der Waals surface area contributed by atoms with Crippen molar-refractivity contribution in [3.8, 4) is 0 Å². The number of non-ortho nitro benzene ring substituents is 1. The van der Waals surface area contributed by atoms with Crippen LogP contribution in [-0.2, 0) is 10.0 Å². The number of para-hydroxylation sites is 1. The summed E-state index contributed by atoms with van der Waals surface area (Å²) in [7, 11) is -4.21. The molecule has 0 aliphatic carbocycles. The van der Waals surface area contributed by atoms with Crippen molar-refractivity contribution in [2.24, 2.45) is 0 Å². The molecular weight excluding hydrogens is 413 g/mol. The Morgan fingerprint density at radius 1 is 1.00 bits per heavy atom. The minimum absolute atomic E-state index is 0.00447. The molecule has 3 aromatic rings. The van der Waals surface area contributed by atoms with Gasteiger partial charge in [0.1, 0.15) is 5.82 Å². The summed E-state index contributed by atoms with van der Waals surface area (Å²) in [6.45, 7) is 1.69. The van der Waals surface area contributed by atoms with Crippen LogP contribution < -0.4 is 10.0 Å². The molecular formula is C20H16FN3O5S. The second kappa shape index (κ2) is 8.29. The molecule has 154 valence electrons. The van der Waals surface area contributed by atoms with Gasteiger partial charge in [-0.25, -0.2) is 12.8 Å². The van der Waals surface area contributed by atoms with Crippen LogP contribution in [0.5, 0.6) is 0 Å². The molecule has 2 N–H and O–H groups in total. The van der Waals surface area contributed by atoms with Gasteiger partial charge in [-0.3, -0.25) is 19.6 Å². The highest BCUT2D eigenvalue weighted by Crippen LogP contribution is 2.24. The van der Waals surface area contributed by atoms with Gasteiger partial charge in [0.05, 0.1) is 21.1 Å². The number of sulfonamides is 1. The highest BCUT2D eigenvalue weighted by atomic mass is 32.2. The normalized spacial score (nSPS) is 11.0.